The summed E-state index contributed by atoms with van der Waals surface area (Å²) < 4.78 is 0. The SMILES string of the molecule is CNCCC1CN(c2ccc(Cl)cc2)CCN1C. The molecule has 0 amide bonds. The van der Waals surface area contributed by atoms with Gasteiger partial charge in [0.1, 0.15) is 0 Å². The minimum absolute atomic E-state index is 0.627. The molecule has 0 bridgehead atoms. The van der Waals surface area contributed by atoms with E-state index in [0.717, 1.165) is 31.2 Å². The summed E-state index contributed by atoms with van der Waals surface area (Å²) in [6.07, 6.45) is 1.19. The van der Waals surface area contributed by atoms with Crippen molar-refractivity contribution in [1.29, 1.82) is 0 Å². The summed E-state index contributed by atoms with van der Waals surface area (Å²) in [4.78, 5) is 4.92. The molecule has 0 saturated carbocycles. The Labute approximate surface area is 115 Å². The Morgan fingerprint density at radius 1 is 1.28 bits per heavy atom. The van der Waals surface area contributed by atoms with Gasteiger partial charge in [0.2, 0.25) is 0 Å². The number of nitrogens with one attached hydrogen (secondary N) is 1. The molecular weight excluding hydrogens is 246 g/mol. The van der Waals surface area contributed by atoms with Crippen LogP contribution in [0.3, 0.4) is 0 Å². The van der Waals surface area contributed by atoms with Crippen LogP contribution >= 0.6 is 11.6 Å². The van der Waals surface area contributed by atoms with Crippen LogP contribution in [-0.2, 0) is 0 Å². The van der Waals surface area contributed by atoms with Crippen LogP contribution in [0.25, 0.3) is 0 Å². The Hall–Kier alpha value is -0.770. The zero-order valence-corrected chi connectivity index (χ0v) is 12.0. The molecular formula is C14H22ClN3. The molecule has 1 atom stereocenters. The number of likely N-dealkylation sites (N-methyl/N-ethyl adjacent to an activating group) is 1. The number of anilines is 1. The van der Waals surface area contributed by atoms with Gasteiger partial charge < -0.3 is 10.2 Å². The lowest BCUT2D eigenvalue weighted by atomic mass is 10.1. The Balaban J connectivity index is 2.00. The maximum Gasteiger partial charge on any atom is 0.0407 e. The van der Waals surface area contributed by atoms with Crippen molar-refractivity contribution in [2.75, 3.05) is 45.2 Å². The van der Waals surface area contributed by atoms with E-state index in [0.29, 0.717) is 6.04 Å². The van der Waals surface area contributed by atoms with Crippen molar-refractivity contribution in [3.8, 4) is 0 Å². The van der Waals surface area contributed by atoms with Gasteiger partial charge >= 0.3 is 0 Å². The molecule has 1 N–H and O–H groups in total. The van der Waals surface area contributed by atoms with Gasteiger partial charge in [0.05, 0.1) is 0 Å². The fourth-order valence-corrected chi connectivity index (χ4v) is 2.58. The third-order valence-corrected chi connectivity index (χ3v) is 3.95. The average molecular weight is 268 g/mol. The molecule has 1 aromatic carbocycles. The molecule has 0 aliphatic carbocycles. The monoisotopic (exact) mass is 267 g/mol. The fourth-order valence-electron chi connectivity index (χ4n) is 2.46. The van der Waals surface area contributed by atoms with Crippen molar-refractivity contribution in [2.45, 2.75) is 12.5 Å². The van der Waals surface area contributed by atoms with Crippen LogP contribution in [0.2, 0.25) is 5.02 Å². The first-order valence-corrected chi connectivity index (χ1v) is 6.94. The van der Waals surface area contributed by atoms with Crippen molar-refractivity contribution in [3.63, 3.8) is 0 Å². The molecule has 1 heterocycles. The minimum atomic E-state index is 0.627. The molecule has 2 rings (SSSR count). The predicted octanol–water partition coefficient (Wildman–Crippen LogP) is 2.07. The maximum atomic E-state index is 5.94. The first-order chi connectivity index (χ1) is 8.70. The van der Waals surface area contributed by atoms with Crippen LogP contribution in [0.4, 0.5) is 5.69 Å². The smallest absolute Gasteiger partial charge is 0.0407 e. The maximum absolute atomic E-state index is 5.94. The van der Waals surface area contributed by atoms with Crippen LogP contribution in [-0.4, -0.2) is 51.2 Å². The molecule has 1 aromatic rings. The van der Waals surface area contributed by atoms with Gasteiger partial charge in [-0.2, -0.15) is 0 Å². The van der Waals surface area contributed by atoms with Gasteiger partial charge in [0.15, 0.2) is 0 Å². The highest BCUT2D eigenvalue weighted by Crippen LogP contribution is 2.21. The first-order valence-electron chi connectivity index (χ1n) is 6.56. The predicted molar refractivity (Wildman–Crippen MR) is 78.6 cm³/mol. The molecule has 1 saturated heterocycles. The van der Waals surface area contributed by atoms with E-state index in [-0.39, 0.29) is 0 Å². The highest BCUT2D eigenvalue weighted by atomic mass is 35.5. The molecule has 0 spiro atoms. The lowest BCUT2D eigenvalue weighted by Crippen LogP contribution is -2.52. The van der Waals surface area contributed by atoms with Crippen molar-refractivity contribution in [3.05, 3.63) is 29.3 Å². The second-order valence-corrected chi connectivity index (χ2v) is 5.39. The summed E-state index contributed by atoms with van der Waals surface area (Å²) in [6, 6.07) is 8.79. The van der Waals surface area contributed by atoms with Crippen molar-refractivity contribution in [1.82, 2.24) is 10.2 Å². The van der Waals surface area contributed by atoms with E-state index in [2.05, 4.69) is 34.3 Å². The second kappa shape index (κ2) is 6.41. The first kappa shape index (κ1) is 13.7. The van der Waals surface area contributed by atoms with E-state index in [1.165, 1.54) is 12.1 Å². The lowest BCUT2D eigenvalue weighted by molar-refractivity contribution is 0.208. The zero-order valence-electron chi connectivity index (χ0n) is 11.2. The van der Waals surface area contributed by atoms with Gasteiger partial charge in [0.25, 0.3) is 0 Å². The van der Waals surface area contributed by atoms with Gasteiger partial charge in [0, 0.05) is 36.4 Å². The Bertz CT molecular complexity index is 366. The highest BCUT2D eigenvalue weighted by molar-refractivity contribution is 6.30. The molecule has 1 fully saturated rings. The van der Waals surface area contributed by atoms with Crippen LogP contribution in [0.1, 0.15) is 6.42 Å². The number of benzene rings is 1. The summed E-state index contributed by atoms with van der Waals surface area (Å²) in [7, 11) is 4.24. The molecule has 1 aliphatic rings. The van der Waals surface area contributed by atoms with Gasteiger partial charge in [-0.25, -0.2) is 0 Å². The summed E-state index contributed by atoms with van der Waals surface area (Å²) in [5.74, 6) is 0. The van der Waals surface area contributed by atoms with Crippen LogP contribution in [0.15, 0.2) is 24.3 Å². The average Bonchev–Trinajstić information content (AvgIpc) is 2.39. The van der Waals surface area contributed by atoms with Crippen LogP contribution < -0.4 is 10.2 Å². The van der Waals surface area contributed by atoms with Gasteiger partial charge in [-0.3, -0.25) is 4.90 Å². The summed E-state index contributed by atoms with van der Waals surface area (Å²) in [5, 5.41) is 4.04. The molecule has 0 aromatic heterocycles. The van der Waals surface area contributed by atoms with Gasteiger partial charge in [-0.1, -0.05) is 11.6 Å². The van der Waals surface area contributed by atoms with E-state index in [1.807, 2.05) is 19.2 Å². The third kappa shape index (κ3) is 3.37. The summed E-state index contributed by atoms with van der Waals surface area (Å²) >= 11 is 5.94. The third-order valence-electron chi connectivity index (χ3n) is 3.70. The largest absolute Gasteiger partial charge is 0.369 e. The second-order valence-electron chi connectivity index (χ2n) is 4.95. The molecule has 1 unspecified atom stereocenters. The standard InChI is InChI=1S/C14H22ClN3/c1-16-8-7-14-11-18(10-9-17(14)2)13-5-3-12(15)4-6-13/h3-6,14,16H,7-11H2,1-2H3. The number of hydrogen-bond acceptors (Lipinski definition) is 3. The quantitative estimate of drug-likeness (QED) is 0.901. The van der Waals surface area contributed by atoms with Crippen molar-refractivity contribution >= 4 is 17.3 Å². The lowest BCUT2D eigenvalue weighted by Gasteiger charge is -2.40. The summed E-state index contributed by atoms with van der Waals surface area (Å²) in [5.41, 5.74) is 1.28. The highest BCUT2D eigenvalue weighted by Gasteiger charge is 2.23. The van der Waals surface area contributed by atoms with Crippen molar-refractivity contribution in [2.24, 2.45) is 0 Å². The molecule has 100 valence electrons. The number of piperazine rings is 1. The van der Waals surface area contributed by atoms with Crippen molar-refractivity contribution < 1.29 is 0 Å². The van der Waals surface area contributed by atoms with E-state index >= 15 is 0 Å². The number of hydrogen-bond donors (Lipinski definition) is 1. The molecule has 0 radical (unpaired) electrons. The summed E-state index contributed by atoms with van der Waals surface area (Å²) in [6.45, 7) is 4.38. The molecule has 3 nitrogen and oxygen atoms in total. The number of nitrogens with zero attached hydrogens (tertiary/aromatic N) is 2. The molecule has 18 heavy (non-hydrogen) atoms. The van der Waals surface area contributed by atoms with E-state index in [4.69, 9.17) is 11.6 Å². The van der Waals surface area contributed by atoms with Gasteiger partial charge in [-0.05, 0) is 51.3 Å². The van der Waals surface area contributed by atoms with Crippen LogP contribution in [0.5, 0.6) is 0 Å². The van der Waals surface area contributed by atoms with Crippen LogP contribution in [0, 0.1) is 0 Å². The van der Waals surface area contributed by atoms with Gasteiger partial charge in [-0.15, -0.1) is 0 Å². The Morgan fingerprint density at radius 2 is 2.00 bits per heavy atom. The number of rotatable bonds is 4. The van der Waals surface area contributed by atoms with E-state index in [1.54, 1.807) is 0 Å². The van der Waals surface area contributed by atoms with E-state index in [9.17, 15) is 0 Å². The Kier molecular flexibility index (Phi) is 4.87. The molecule has 4 heteroatoms. The fraction of sp³-hybridized carbons (Fsp3) is 0.571. The topological polar surface area (TPSA) is 18.5 Å². The zero-order chi connectivity index (χ0) is 13.0. The normalized spacial score (nSPS) is 21.3. The minimum Gasteiger partial charge on any atom is -0.369 e. The van der Waals surface area contributed by atoms with E-state index < -0.39 is 0 Å². The Morgan fingerprint density at radius 3 is 2.67 bits per heavy atom. The molecule has 1 aliphatic heterocycles. The number of halogens is 1.